The Balaban J connectivity index is 0.00000200. The first kappa shape index (κ1) is 17.4. The average Bonchev–Trinajstić information content (AvgIpc) is 3.13. The first-order valence-corrected chi connectivity index (χ1v) is 7.93. The standard InChI is InChI=1S/C14H23N3OS.ClH/c1-4-9(2)10(3)17(11-5-6-11)14(18)12-8-19-13(7-15)16-12;/h8-11H,4-7,15H2,1-3H3;1H. The van der Waals surface area contributed by atoms with Crippen molar-refractivity contribution in [3.8, 4) is 0 Å². The van der Waals surface area contributed by atoms with Crippen molar-refractivity contribution < 1.29 is 4.79 Å². The van der Waals surface area contributed by atoms with E-state index in [1.165, 1.54) is 11.3 Å². The number of thiazole rings is 1. The van der Waals surface area contributed by atoms with E-state index >= 15 is 0 Å². The molecule has 0 aromatic carbocycles. The fourth-order valence-corrected chi connectivity index (χ4v) is 2.93. The third kappa shape index (κ3) is 3.71. The maximum Gasteiger partial charge on any atom is 0.273 e. The van der Waals surface area contributed by atoms with E-state index in [1.807, 2.05) is 10.3 Å². The number of amides is 1. The molecule has 1 heterocycles. The number of rotatable bonds is 6. The van der Waals surface area contributed by atoms with E-state index in [4.69, 9.17) is 5.73 Å². The molecule has 2 rings (SSSR count). The molecule has 1 saturated carbocycles. The zero-order valence-corrected chi connectivity index (χ0v) is 14.0. The molecular weight excluding hydrogens is 294 g/mol. The molecule has 0 aliphatic heterocycles. The van der Waals surface area contributed by atoms with E-state index in [2.05, 4.69) is 25.8 Å². The van der Waals surface area contributed by atoms with Gasteiger partial charge < -0.3 is 10.6 Å². The number of halogens is 1. The molecule has 20 heavy (non-hydrogen) atoms. The van der Waals surface area contributed by atoms with E-state index in [0.717, 1.165) is 24.3 Å². The van der Waals surface area contributed by atoms with Crippen LogP contribution in [0.4, 0.5) is 0 Å². The lowest BCUT2D eigenvalue weighted by Gasteiger charge is -2.32. The second-order valence-electron chi connectivity index (χ2n) is 5.40. The minimum absolute atomic E-state index is 0. The first-order valence-electron chi connectivity index (χ1n) is 7.05. The van der Waals surface area contributed by atoms with Crippen molar-refractivity contribution in [2.24, 2.45) is 11.7 Å². The summed E-state index contributed by atoms with van der Waals surface area (Å²) in [7, 11) is 0. The van der Waals surface area contributed by atoms with Gasteiger partial charge >= 0.3 is 0 Å². The molecule has 0 bridgehead atoms. The third-order valence-corrected chi connectivity index (χ3v) is 4.90. The number of hydrogen-bond acceptors (Lipinski definition) is 4. The van der Waals surface area contributed by atoms with Gasteiger partial charge in [0.05, 0.1) is 0 Å². The van der Waals surface area contributed by atoms with Crippen LogP contribution in [0.25, 0.3) is 0 Å². The summed E-state index contributed by atoms with van der Waals surface area (Å²) in [5.41, 5.74) is 6.13. The van der Waals surface area contributed by atoms with Crippen LogP contribution in [-0.2, 0) is 6.54 Å². The first-order chi connectivity index (χ1) is 9.08. The number of hydrogen-bond donors (Lipinski definition) is 1. The van der Waals surface area contributed by atoms with Crippen molar-refractivity contribution >= 4 is 29.7 Å². The fraction of sp³-hybridized carbons (Fsp3) is 0.714. The van der Waals surface area contributed by atoms with E-state index in [-0.39, 0.29) is 24.4 Å². The van der Waals surface area contributed by atoms with Crippen molar-refractivity contribution in [3.63, 3.8) is 0 Å². The molecule has 6 heteroatoms. The van der Waals surface area contributed by atoms with Gasteiger partial charge in [-0.15, -0.1) is 23.7 Å². The molecule has 1 aliphatic carbocycles. The quantitative estimate of drug-likeness (QED) is 0.877. The maximum absolute atomic E-state index is 12.6. The van der Waals surface area contributed by atoms with Gasteiger partial charge in [0.25, 0.3) is 5.91 Å². The van der Waals surface area contributed by atoms with Gasteiger partial charge in [-0.1, -0.05) is 20.3 Å². The summed E-state index contributed by atoms with van der Waals surface area (Å²) in [5, 5.41) is 2.67. The van der Waals surface area contributed by atoms with Crippen LogP contribution in [0.5, 0.6) is 0 Å². The largest absolute Gasteiger partial charge is 0.331 e. The molecule has 4 nitrogen and oxygen atoms in total. The van der Waals surface area contributed by atoms with Crippen molar-refractivity contribution in [1.82, 2.24) is 9.88 Å². The number of nitrogens with two attached hydrogens (primary N) is 1. The van der Waals surface area contributed by atoms with Gasteiger partial charge in [-0.3, -0.25) is 4.79 Å². The van der Waals surface area contributed by atoms with Crippen molar-refractivity contribution in [2.75, 3.05) is 0 Å². The lowest BCUT2D eigenvalue weighted by Crippen LogP contribution is -2.43. The van der Waals surface area contributed by atoms with Gasteiger partial charge in [0.2, 0.25) is 0 Å². The Morgan fingerprint density at radius 1 is 1.55 bits per heavy atom. The Hall–Kier alpha value is -0.650. The van der Waals surface area contributed by atoms with Gasteiger partial charge in [0, 0.05) is 24.0 Å². The molecule has 2 unspecified atom stereocenters. The van der Waals surface area contributed by atoms with Gasteiger partial charge in [0.15, 0.2) is 0 Å². The third-order valence-electron chi connectivity index (χ3n) is 4.03. The Morgan fingerprint density at radius 2 is 2.20 bits per heavy atom. The van der Waals surface area contributed by atoms with E-state index in [9.17, 15) is 4.79 Å². The predicted octanol–water partition coefficient (Wildman–Crippen LogP) is 3.06. The van der Waals surface area contributed by atoms with Crippen LogP contribution < -0.4 is 5.73 Å². The number of carbonyl (C=O) groups excluding carboxylic acids is 1. The van der Waals surface area contributed by atoms with Crippen LogP contribution in [0.1, 0.15) is 55.5 Å². The van der Waals surface area contributed by atoms with Crippen LogP contribution in [0.3, 0.4) is 0 Å². The molecule has 2 N–H and O–H groups in total. The second-order valence-corrected chi connectivity index (χ2v) is 6.34. The van der Waals surface area contributed by atoms with Crippen molar-refractivity contribution in [3.05, 3.63) is 16.1 Å². The van der Waals surface area contributed by atoms with Crippen LogP contribution in [0.2, 0.25) is 0 Å². The molecule has 0 saturated heterocycles. The zero-order chi connectivity index (χ0) is 14.0. The van der Waals surface area contributed by atoms with Gasteiger partial charge in [0.1, 0.15) is 10.7 Å². The van der Waals surface area contributed by atoms with Crippen LogP contribution in [0, 0.1) is 5.92 Å². The van der Waals surface area contributed by atoms with E-state index in [1.54, 1.807) is 0 Å². The topological polar surface area (TPSA) is 59.2 Å². The van der Waals surface area contributed by atoms with Gasteiger partial charge in [-0.2, -0.15) is 0 Å². The number of nitrogens with zero attached hydrogens (tertiary/aromatic N) is 2. The molecule has 114 valence electrons. The maximum atomic E-state index is 12.6. The van der Waals surface area contributed by atoms with Gasteiger partial charge in [-0.25, -0.2) is 4.98 Å². The van der Waals surface area contributed by atoms with Crippen molar-refractivity contribution in [1.29, 1.82) is 0 Å². The van der Waals surface area contributed by atoms with Crippen molar-refractivity contribution in [2.45, 2.75) is 58.7 Å². The highest BCUT2D eigenvalue weighted by Gasteiger charge is 2.38. The minimum Gasteiger partial charge on any atom is -0.331 e. The molecule has 0 spiro atoms. The monoisotopic (exact) mass is 317 g/mol. The molecule has 2 atom stereocenters. The molecule has 1 amide bonds. The highest BCUT2D eigenvalue weighted by molar-refractivity contribution is 7.09. The molecule has 1 aromatic rings. The van der Waals surface area contributed by atoms with E-state index < -0.39 is 0 Å². The minimum atomic E-state index is 0. The summed E-state index contributed by atoms with van der Waals surface area (Å²) < 4.78 is 0. The van der Waals surface area contributed by atoms with E-state index in [0.29, 0.717) is 24.2 Å². The molecule has 1 aliphatic rings. The lowest BCUT2D eigenvalue weighted by atomic mass is 9.99. The van der Waals surface area contributed by atoms with Crippen LogP contribution in [-0.4, -0.2) is 27.9 Å². The van der Waals surface area contributed by atoms with Crippen LogP contribution in [0.15, 0.2) is 5.38 Å². The molecular formula is C14H24ClN3OS. The Morgan fingerprint density at radius 3 is 2.65 bits per heavy atom. The second kappa shape index (κ2) is 7.38. The molecule has 0 radical (unpaired) electrons. The fourth-order valence-electron chi connectivity index (χ4n) is 2.29. The smallest absolute Gasteiger partial charge is 0.273 e. The summed E-state index contributed by atoms with van der Waals surface area (Å²) in [4.78, 5) is 19.0. The number of aromatic nitrogens is 1. The summed E-state index contributed by atoms with van der Waals surface area (Å²) in [6.45, 7) is 6.94. The Labute approximate surface area is 131 Å². The molecule has 1 aromatic heterocycles. The zero-order valence-electron chi connectivity index (χ0n) is 12.3. The van der Waals surface area contributed by atoms with Crippen LogP contribution >= 0.6 is 23.7 Å². The van der Waals surface area contributed by atoms with Gasteiger partial charge in [-0.05, 0) is 25.7 Å². The highest BCUT2D eigenvalue weighted by atomic mass is 35.5. The SMILES string of the molecule is CCC(C)C(C)N(C(=O)c1csc(CN)n1)C1CC1.Cl. The average molecular weight is 318 g/mol. The Bertz CT molecular complexity index is 447. The predicted molar refractivity (Wildman–Crippen MR) is 85.4 cm³/mol. The summed E-state index contributed by atoms with van der Waals surface area (Å²) in [5.74, 6) is 0.586. The highest BCUT2D eigenvalue weighted by Crippen LogP contribution is 2.32. The summed E-state index contributed by atoms with van der Waals surface area (Å²) in [6.07, 6.45) is 3.34. The normalized spacial score (nSPS) is 17.2. The lowest BCUT2D eigenvalue weighted by molar-refractivity contribution is 0.0610. The Kier molecular flexibility index (Phi) is 6.43. The number of carbonyl (C=O) groups is 1. The summed E-state index contributed by atoms with van der Waals surface area (Å²) >= 11 is 1.47. The molecule has 1 fully saturated rings. The summed E-state index contributed by atoms with van der Waals surface area (Å²) in [6, 6.07) is 0.688.